The van der Waals surface area contributed by atoms with Crippen molar-refractivity contribution in [1.29, 1.82) is 0 Å². The molecule has 2 unspecified atom stereocenters. The lowest BCUT2D eigenvalue weighted by Crippen LogP contribution is -2.33. The Morgan fingerprint density at radius 2 is 2.00 bits per heavy atom. The molecule has 0 saturated carbocycles. The normalized spacial score (nSPS) is 15.2. The number of aryl methyl sites for hydroxylation is 2. The zero-order valence-electron chi connectivity index (χ0n) is 10.6. The lowest BCUT2D eigenvalue weighted by molar-refractivity contribution is 0.121. The van der Waals surface area contributed by atoms with Gasteiger partial charge in [0, 0.05) is 13.1 Å². The van der Waals surface area contributed by atoms with Gasteiger partial charge in [-0.1, -0.05) is 13.8 Å². The monoisotopic (exact) mass is 227 g/mol. The third-order valence-corrected chi connectivity index (χ3v) is 2.84. The highest BCUT2D eigenvalue weighted by atomic mass is 16.5. The zero-order valence-corrected chi connectivity index (χ0v) is 10.6. The predicted octanol–water partition coefficient (Wildman–Crippen LogP) is 0.754. The molecule has 1 heterocycles. The lowest BCUT2D eigenvalue weighted by atomic mass is 9.94. The van der Waals surface area contributed by atoms with Crippen molar-refractivity contribution in [3.8, 4) is 5.88 Å². The summed E-state index contributed by atoms with van der Waals surface area (Å²) in [5.74, 6) is 0.764. The molecule has 2 atom stereocenters. The van der Waals surface area contributed by atoms with Crippen molar-refractivity contribution in [2.45, 2.75) is 32.9 Å². The first-order chi connectivity index (χ1) is 7.40. The number of hydrogen-bond acceptors (Lipinski definition) is 4. The molecule has 3 N–H and O–H groups in total. The van der Waals surface area contributed by atoms with Gasteiger partial charge < -0.3 is 15.6 Å². The van der Waals surface area contributed by atoms with Crippen molar-refractivity contribution in [2.24, 2.45) is 18.7 Å². The first-order valence-corrected chi connectivity index (χ1v) is 5.41. The standard InChI is InChI=1S/C11H21N3O2/c1-6(2)9(12)10(15)8-7(3)13-14(4)11(8)16-5/h6,9-10,15H,12H2,1-5H3. The molecule has 5 nitrogen and oxygen atoms in total. The second kappa shape index (κ2) is 4.84. The van der Waals surface area contributed by atoms with Crippen LogP contribution in [0.1, 0.15) is 31.2 Å². The third kappa shape index (κ3) is 2.20. The largest absolute Gasteiger partial charge is 0.481 e. The van der Waals surface area contributed by atoms with E-state index in [1.165, 1.54) is 0 Å². The van der Waals surface area contributed by atoms with Crippen LogP contribution in [-0.4, -0.2) is 28.0 Å². The third-order valence-electron chi connectivity index (χ3n) is 2.84. The van der Waals surface area contributed by atoms with E-state index in [9.17, 15) is 5.11 Å². The molecule has 16 heavy (non-hydrogen) atoms. The van der Waals surface area contributed by atoms with Crippen molar-refractivity contribution < 1.29 is 9.84 Å². The molecule has 0 fully saturated rings. The van der Waals surface area contributed by atoms with Gasteiger partial charge in [0.05, 0.1) is 18.4 Å². The molecular weight excluding hydrogens is 206 g/mol. The summed E-state index contributed by atoms with van der Waals surface area (Å²) < 4.78 is 6.84. The van der Waals surface area contributed by atoms with Gasteiger partial charge in [0.1, 0.15) is 6.10 Å². The average molecular weight is 227 g/mol. The van der Waals surface area contributed by atoms with Gasteiger partial charge in [-0.3, -0.25) is 0 Å². The maximum absolute atomic E-state index is 10.2. The number of aliphatic hydroxyl groups excluding tert-OH is 1. The summed E-state index contributed by atoms with van der Waals surface area (Å²) >= 11 is 0. The van der Waals surface area contributed by atoms with Gasteiger partial charge in [-0.25, -0.2) is 4.68 Å². The van der Waals surface area contributed by atoms with Gasteiger partial charge in [0.25, 0.3) is 0 Å². The molecule has 92 valence electrons. The molecule has 0 amide bonds. The van der Waals surface area contributed by atoms with Gasteiger partial charge in [-0.2, -0.15) is 5.10 Å². The second-order valence-electron chi connectivity index (χ2n) is 4.40. The summed E-state index contributed by atoms with van der Waals surface area (Å²) in [6.07, 6.45) is -0.747. The molecule has 0 bridgehead atoms. The van der Waals surface area contributed by atoms with Crippen LogP contribution < -0.4 is 10.5 Å². The number of ether oxygens (including phenoxy) is 1. The predicted molar refractivity (Wildman–Crippen MR) is 62.3 cm³/mol. The topological polar surface area (TPSA) is 73.3 Å². The smallest absolute Gasteiger partial charge is 0.217 e. The van der Waals surface area contributed by atoms with E-state index in [0.29, 0.717) is 11.4 Å². The lowest BCUT2D eigenvalue weighted by Gasteiger charge is -2.22. The van der Waals surface area contributed by atoms with Crippen LogP contribution in [0.15, 0.2) is 0 Å². The van der Waals surface area contributed by atoms with Crippen LogP contribution >= 0.6 is 0 Å². The Kier molecular flexibility index (Phi) is 3.93. The zero-order chi connectivity index (χ0) is 12.5. The van der Waals surface area contributed by atoms with Crippen LogP contribution in [-0.2, 0) is 7.05 Å². The fraction of sp³-hybridized carbons (Fsp3) is 0.727. The molecule has 0 saturated heterocycles. The minimum Gasteiger partial charge on any atom is -0.481 e. The van der Waals surface area contributed by atoms with E-state index in [0.717, 1.165) is 5.69 Å². The Balaban J connectivity index is 3.12. The number of rotatable bonds is 4. The fourth-order valence-electron chi connectivity index (χ4n) is 1.79. The summed E-state index contributed by atoms with van der Waals surface area (Å²) in [5, 5.41) is 14.4. The van der Waals surface area contributed by atoms with Crippen LogP contribution in [0.2, 0.25) is 0 Å². The Hall–Kier alpha value is -1.07. The quantitative estimate of drug-likeness (QED) is 0.796. The molecule has 0 radical (unpaired) electrons. The second-order valence-corrected chi connectivity index (χ2v) is 4.40. The van der Waals surface area contributed by atoms with Crippen LogP contribution in [0.5, 0.6) is 5.88 Å². The highest BCUT2D eigenvalue weighted by Crippen LogP contribution is 2.31. The molecule has 1 aromatic heterocycles. The summed E-state index contributed by atoms with van der Waals surface area (Å²) in [5.41, 5.74) is 7.39. The Bertz CT molecular complexity index is 360. The number of aromatic nitrogens is 2. The summed E-state index contributed by atoms with van der Waals surface area (Å²) in [6, 6.07) is -0.322. The van der Waals surface area contributed by atoms with Gasteiger partial charge in [0.15, 0.2) is 0 Å². The molecule has 0 aromatic carbocycles. The molecular formula is C11H21N3O2. The number of methoxy groups -OCH3 is 1. The van der Waals surface area contributed by atoms with Crippen LogP contribution in [0, 0.1) is 12.8 Å². The Morgan fingerprint density at radius 3 is 2.44 bits per heavy atom. The van der Waals surface area contributed by atoms with E-state index in [-0.39, 0.29) is 12.0 Å². The van der Waals surface area contributed by atoms with Crippen LogP contribution in [0.25, 0.3) is 0 Å². The minimum atomic E-state index is -0.747. The van der Waals surface area contributed by atoms with E-state index < -0.39 is 6.10 Å². The van der Waals surface area contributed by atoms with E-state index >= 15 is 0 Å². The van der Waals surface area contributed by atoms with Crippen molar-refractivity contribution in [2.75, 3.05) is 7.11 Å². The molecule has 0 aliphatic heterocycles. The number of nitrogens with two attached hydrogens (primary N) is 1. The molecule has 1 rings (SSSR count). The highest BCUT2D eigenvalue weighted by Gasteiger charge is 2.27. The molecule has 1 aromatic rings. The van der Waals surface area contributed by atoms with Crippen molar-refractivity contribution in [3.05, 3.63) is 11.3 Å². The Morgan fingerprint density at radius 1 is 1.44 bits per heavy atom. The van der Waals surface area contributed by atoms with E-state index in [1.54, 1.807) is 18.8 Å². The van der Waals surface area contributed by atoms with Gasteiger partial charge in [-0.05, 0) is 12.8 Å². The maximum Gasteiger partial charge on any atom is 0.217 e. The number of hydrogen-bond donors (Lipinski definition) is 2. The van der Waals surface area contributed by atoms with Gasteiger partial charge in [-0.15, -0.1) is 0 Å². The van der Waals surface area contributed by atoms with Gasteiger partial charge >= 0.3 is 0 Å². The van der Waals surface area contributed by atoms with Crippen molar-refractivity contribution in [3.63, 3.8) is 0 Å². The summed E-state index contributed by atoms with van der Waals surface area (Å²) in [4.78, 5) is 0. The molecule has 5 heteroatoms. The highest BCUT2D eigenvalue weighted by molar-refractivity contribution is 5.34. The maximum atomic E-state index is 10.2. The van der Waals surface area contributed by atoms with Crippen molar-refractivity contribution in [1.82, 2.24) is 9.78 Å². The first-order valence-electron chi connectivity index (χ1n) is 5.41. The van der Waals surface area contributed by atoms with Crippen molar-refractivity contribution >= 4 is 0 Å². The van der Waals surface area contributed by atoms with Crippen LogP contribution in [0.4, 0.5) is 0 Å². The average Bonchev–Trinajstić information content (AvgIpc) is 2.50. The summed E-state index contributed by atoms with van der Waals surface area (Å²) in [7, 11) is 3.34. The molecule has 0 spiro atoms. The fourth-order valence-corrected chi connectivity index (χ4v) is 1.79. The van der Waals surface area contributed by atoms with E-state index in [1.807, 2.05) is 20.8 Å². The first kappa shape index (κ1) is 13.0. The van der Waals surface area contributed by atoms with E-state index in [2.05, 4.69) is 5.10 Å². The SMILES string of the molecule is COc1c(C(O)C(N)C(C)C)c(C)nn1C. The van der Waals surface area contributed by atoms with Gasteiger partial charge in [0.2, 0.25) is 5.88 Å². The Labute approximate surface area is 96.2 Å². The number of nitrogens with zero attached hydrogens (tertiary/aromatic N) is 2. The van der Waals surface area contributed by atoms with E-state index in [4.69, 9.17) is 10.5 Å². The molecule has 0 aliphatic rings. The minimum absolute atomic E-state index is 0.194. The molecule has 0 aliphatic carbocycles. The van der Waals surface area contributed by atoms with Crippen LogP contribution in [0.3, 0.4) is 0 Å². The summed E-state index contributed by atoms with van der Waals surface area (Å²) in [6.45, 7) is 5.80. The number of aliphatic hydroxyl groups is 1.